The van der Waals surface area contributed by atoms with Crippen LogP contribution in [0.5, 0.6) is 0 Å². The molecule has 7 heteroatoms. The van der Waals surface area contributed by atoms with Gasteiger partial charge in [0.2, 0.25) is 10.0 Å². The first-order valence-corrected chi connectivity index (χ1v) is 9.95. The largest absolute Gasteiger partial charge is 0.339 e. The average Bonchev–Trinajstić information content (AvgIpc) is 3.15. The highest BCUT2D eigenvalue weighted by molar-refractivity contribution is 7.89. The van der Waals surface area contributed by atoms with E-state index >= 15 is 0 Å². The molecule has 1 fully saturated rings. The molecule has 1 saturated heterocycles. The second-order valence-corrected chi connectivity index (χ2v) is 8.18. The summed E-state index contributed by atoms with van der Waals surface area (Å²) < 4.78 is 27.2. The molecule has 1 N–H and O–H groups in total. The number of rotatable bonds is 5. The van der Waals surface area contributed by atoms with Gasteiger partial charge in [0.05, 0.1) is 4.90 Å². The number of hydrogen-bond donors (Lipinski definition) is 1. The van der Waals surface area contributed by atoms with Crippen LogP contribution in [-0.2, 0) is 16.6 Å². The van der Waals surface area contributed by atoms with Crippen molar-refractivity contribution in [2.24, 2.45) is 0 Å². The Labute approximate surface area is 152 Å². The van der Waals surface area contributed by atoms with Crippen molar-refractivity contribution in [1.29, 1.82) is 0 Å². The minimum atomic E-state index is -3.63. The Morgan fingerprint density at radius 2 is 1.76 bits per heavy atom. The highest BCUT2D eigenvalue weighted by Gasteiger charge is 2.20. The van der Waals surface area contributed by atoms with Gasteiger partial charge in [-0.25, -0.2) is 13.1 Å². The number of nitrogens with one attached hydrogen (secondary N) is 1. The maximum absolute atomic E-state index is 12.4. The Morgan fingerprint density at radius 3 is 2.44 bits per heavy atom. The second kappa shape index (κ2) is 7.56. The summed E-state index contributed by atoms with van der Waals surface area (Å²) >= 11 is 5.78. The minimum absolute atomic E-state index is 0.0000848. The van der Waals surface area contributed by atoms with Gasteiger partial charge in [-0.05, 0) is 54.8 Å². The van der Waals surface area contributed by atoms with Crippen molar-refractivity contribution in [2.45, 2.75) is 24.3 Å². The maximum atomic E-state index is 12.4. The zero-order valence-corrected chi connectivity index (χ0v) is 15.2. The highest BCUT2D eigenvalue weighted by atomic mass is 35.5. The molecule has 0 radical (unpaired) electrons. The molecule has 1 heterocycles. The monoisotopic (exact) mass is 378 g/mol. The third kappa shape index (κ3) is 4.39. The summed E-state index contributed by atoms with van der Waals surface area (Å²) in [5.74, 6) is -0.0000848. The van der Waals surface area contributed by atoms with Gasteiger partial charge >= 0.3 is 0 Å². The van der Waals surface area contributed by atoms with Crippen LogP contribution in [0.2, 0.25) is 5.02 Å². The minimum Gasteiger partial charge on any atom is -0.339 e. The molecule has 25 heavy (non-hydrogen) atoms. The van der Waals surface area contributed by atoms with E-state index < -0.39 is 10.0 Å². The SMILES string of the molecule is O=C(c1cccc(CNS(=O)(=O)c2ccc(Cl)cc2)c1)N1CCCC1. The topological polar surface area (TPSA) is 66.5 Å². The number of amides is 1. The van der Waals surface area contributed by atoms with E-state index in [0.29, 0.717) is 10.6 Å². The lowest BCUT2D eigenvalue weighted by molar-refractivity contribution is 0.0792. The van der Waals surface area contributed by atoms with Crippen molar-refractivity contribution in [3.8, 4) is 0 Å². The molecular weight excluding hydrogens is 360 g/mol. The molecule has 1 amide bonds. The predicted octanol–water partition coefficient (Wildman–Crippen LogP) is 3.05. The van der Waals surface area contributed by atoms with Crippen molar-refractivity contribution in [3.05, 3.63) is 64.7 Å². The summed E-state index contributed by atoms with van der Waals surface area (Å²) in [4.78, 5) is 14.4. The molecule has 1 aliphatic heterocycles. The van der Waals surface area contributed by atoms with Gasteiger partial charge in [-0.2, -0.15) is 0 Å². The average molecular weight is 379 g/mol. The number of carbonyl (C=O) groups is 1. The molecule has 0 saturated carbocycles. The number of halogens is 1. The number of sulfonamides is 1. The van der Waals surface area contributed by atoms with Crippen molar-refractivity contribution in [2.75, 3.05) is 13.1 Å². The third-order valence-corrected chi connectivity index (χ3v) is 5.83. The number of carbonyl (C=O) groups excluding carboxylic acids is 1. The molecule has 5 nitrogen and oxygen atoms in total. The smallest absolute Gasteiger partial charge is 0.253 e. The number of nitrogens with zero attached hydrogens (tertiary/aromatic N) is 1. The third-order valence-electron chi connectivity index (χ3n) is 4.16. The lowest BCUT2D eigenvalue weighted by Gasteiger charge is -2.15. The predicted molar refractivity (Wildman–Crippen MR) is 97.1 cm³/mol. The number of likely N-dealkylation sites (tertiary alicyclic amines) is 1. The Hall–Kier alpha value is -1.89. The van der Waals surface area contributed by atoms with E-state index in [4.69, 9.17) is 11.6 Å². The summed E-state index contributed by atoms with van der Waals surface area (Å²) in [6, 6.07) is 13.1. The Kier molecular flexibility index (Phi) is 5.42. The van der Waals surface area contributed by atoms with Gasteiger partial charge in [0.15, 0.2) is 0 Å². The Bertz CT molecular complexity index is 860. The summed E-state index contributed by atoms with van der Waals surface area (Å²) in [5.41, 5.74) is 1.33. The highest BCUT2D eigenvalue weighted by Crippen LogP contribution is 2.16. The molecule has 3 rings (SSSR count). The molecule has 0 atom stereocenters. The first kappa shape index (κ1) is 17.9. The van der Waals surface area contributed by atoms with Crippen LogP contribution in [0.3, 0.4) is 0 Å². The molecular formula is C18H19ClN2O3S. The zero-order valence-electron chi connectivity index (χ0n) is 13.6. The van der Waals surface area contributed by atoms with Crippen molar-refractivity contribution in [1.82, 2.24) is 9.62 Å². The first-order valence-electron chi connectivity index (χ1n) is 8.09. The van der Waals surface area contributed by atoms with E-state index in [1.165, 1.54) is 24.3 Å². The van der Waals surface area contributed by atoms with E-state index in [0.717, 1.165) is 31.5 Å². The molecule has 1 aliphatic rings. The van der Waals surface area contributed by atoms with Crippen LogP contribution < -0.4 is 4.72 Å². The van der Waals surface area contributed by atoms with E-state index in [-0.39, 0.29) is 17.3 Å². The molecule has 0 aromatic heterocycles. The fourth-order valence-corrected chi connectivity index (χ4v) is 3.94. The van der Waals surface area contributed by atoms with Gasteiger partial charge in [-0.15, -0.1) is 0 Å². The van der Waals surface area contributed by atoms with Gasteiger partial charge in [-0.3, -0.25) is 4.79 Å². The van der Waals surface area contributed by atoms with Gasteiger partial charge in [0.1, 0.15) is 0 Å². The van der Waals surface area contributed by atoms with E-state index in [9.17, 15) is 13.2 Å². The standard InChI is InChI=1S/C18H19ClN2O3S/c19-16-6-8-17(9-7-16)25(23,24)20-13-14-4-3-5-15(12-14)18(22)21-10-1-2-11-21/h3-9,12,20H,1-2,10-11,13H2. The quantitative estimate of drug-likeness (QED) is 0.869. The fraction of sp³-hybridized carbons (Fsp3) is 0.278. The molecule has 132 valence electrons. The fourth-order valence-electron chi connectivity index (χ4n) is 2.79. The molecule has 0 aliphatic carbocycles. The van der Waals surface area contributed by atoms with Crippen molar-refractivity contribution < 1.29 is 13.2 Å². The van der Waals surface area contributed by atoms with Gasteiger partial charge in [0, 0.05) is 30.2 Å². The van der Waals surface area contributed by atoms with Crippen LogP contribution in [0, 0.1) is 0 Å². The van der Waals surface area contributed by atoms with Gasteiger partial charge in [-0.1, -0.05) is 23.7 Å². The Balaban J connectivity index is 1.70. The zero-order chi connectivity index (χ0) is 17.9. The van der Waals surface area contributed by atoms with E-state index in [2.05, 4.69) is 4.72 Å². The van der Waals surface area contributed by atoms with Crippen molar-refractivity contribution >= 4 is 27.5 Å². The van der Waals surface area contributed by atoms with Crippen LogP contribution in [0.15, 0.2) is 53.4 Å². The van der Waals surface area contributed by atoms with Crippen LogP contribution in [0.25, 0.3) is 0 Å². The van der Waals surface area contributed by atoms with Crippen LogP contribution in [0.4, 0.5) is 0 Å². The summed E-state index contributed by atoms with van der Waals surface area (Å²) in [5, 5.41) is 0.479. The molecule has 2 aromatic rings. The summed E-state index contributed by atoms with van der Waals surface area (Å²) in [6.45, 7) is 1.69. The summed E-state index contributed by atoms with van der Waals surface area (Å²) in [7, 11) is -3.63. The number of hydrogen-bond acceptors (Lipinski definition) is 3. The van der Waals surface area contributed by atoms with Gasteiger partial charge < -0.3 is 4.90 Å². The van der Waals surface area contributed by atoms with Crippen LogP contribution >= 0.6 is 11.6 Å². The normalized spacial score (nSPS) is 14.7. The van der Waals surface area contributed by atoms with Gasteiger partial charge in [0.25, 0.3) is 5.91 Å². The molecule has 0 spiro atoms. The lowest BCUT2D eigenvalue weighted by atomic mass is 10.1. The Morgan fingerprint density at radius 1 is 1.08 bits per heavy atom. The second-order valence-electron chi connectivity index (χ2n) is 5.98. The van der Waals surface area contributed by atoms with Crippen LogP contribution in [0.1, 0.15) is 28.8 Å². The molecule has 0 bridgehead atoms. The van der Waals surface area contributed by atoms with Crippen LogP contribution in [-0.4, -0.2) is 32.3 Å². The molecule has 0 unspecified atom stereocenters. The van der Waals surface area contributed by atoms with E-state index in [1.807, 2.05) is 4.90 Å². The van der Waals surface area contributed by atoms with E-state index in [1.54, 1.807) is 24.3 Å². The number of benzene rings is 2. The first-order chi connectivity index (χ1) is 12.0. The summed E-state index contributed by atoms with van der Waals surface area (Å²) in [6.07, 6.45) is 2.07. The maximum Gasteiger partial charge on any atom is 0.253 e. The van der Waals surface area contributed by atoms with Crippen molar-refractivity contribution in [3.63, 3.8) is 0 Å². The molecule has 2 aromatic carbocycles. The lowest BCUT2D eigenvalue weighted by Crippen LogP contribution is -2.28.